The van der Waals surface area contributed by atoms with Crippen molar-refractivity contribution in [1.82, 2.24) is 0 Å². The van der Waals surface area contributed by atoms with E-state index in [4.69, 9.17) is 11.6 Å². The Labute approximate surface area is 134 Å². The van der Waals surface area contributed by atoms with Crippen molar-refractivity contribution in [3.05, 3.63) is 94.0 Å². The van der Waals surface area contributed by atoms with E-state index in [9.17, 15) is 4.79 Å². The van der Waals surface area contributed by atoms with E-state index in [1.807, 2.05) is 6.08 Å². The number of halogens is 1. The lowest BCUT2D eigenvalue weighted by atomic mass is 9.84. The second-order valence-electron chi connectivity index (χ2n) is 5.91. The predicted molar refractivity (Wildman–Crippen MR) is 89.4 cm³/mol. The van der Waals surface area contributed by atoms with Crippen LogP contribution in [-0.2, 0) is 6.42 Å². The van der Waals surface area contributed by atoms with Crippen LogP contribution in [0.4, 0.5) is 0 Å². The zero-order valence-electron chi connectivity index (χ0n) is 12.0. The average Bonchev–Trinajstić information content (AvgIpc) is 2.92. The van der Waals surface area contributed by atoms with E-state index in [1.54, 1.807) is 24.3 Å². The highest BCUT2D eigenvalue weighted by Crippen LogP contribution is 2.42. The lowest BCUT2D eigenvalue weighted by Crippen LogP contribution is -2.12. The Balaban J connectivity index is 1.63. The molecule has 0 amide bonds. The van der Waals surface area contributed by atoms with E-state index in [0.717, 1.165) is 12.0 Å². The van der Waals surface area contributed by atoms with E-state index in [1.165, 1.54) is 11.1 Å². The van der Waals surface area contributed by atoms with Gasteiger partial charge >= 0.3 is 0 Å². The number of hydrogen-bond acceptors (Lipinski definition) is 1. The summed E-state index contributed by atoms with van der Waals surface area (Å²) in [6.45, 7) is 0. The van der Waals surface area contributed by atoms with Gasteiger partial charge in [-0.2, -0.15) is 0 Å². The van der Waals surface area contributed by atoms with E-state index in [0.29, 0.717) is 22.4 Å². The number of allylic oxidation sites excluding steroid dienone is 4. The predicted octanol–water partition coefficient (Wildman–Crippen LogP) is 4.98. The number of benzene rings is 2. The largest absolute Gasteiger partial charge is 0.289 e. The maximum absolute atomic E-state index is 12.6. The molecule has 1 nitrogen and oxygen atoms in total. The van der Waals surface area contributed by atoms with Crippen molar-refractivity contribution in [2.45, 2.75) is 12.3 Å². The number of Topliss-reactive ketones (excluding diaryl/α,β-unsaturated/α-hetero) is 1. The third-order valence-corrected chi connectivity index (χ3v) is 4.83. The standard InChI is InChI=1S/C20H15ClO/c21-17-8-5-13(6-9-17)20(22)15-7-10-19-16(12-15)11-14-3-1-2-4-18(14)19/h1-10,12,16,19H,11H2. The van der Waals surface area contributed by atoms with Crippen molar-refractivity contribution in [3.63, 3.8) is 0 Å². The number of rotatable bonds is 2. The van der Waals surface area contributed by atoms with Gasteiger partial charge in [-0.3, -0.25) is 4.79 Å². The van der Waals surface area contributed by atoms with Crippen LogP contribution in [0.3, 0.4) is 0 Å². The van der Waals surface area contributed by atoms with Crippen molar-refractivity contribution in [3.8, 4) is 0 Å². The highest BCUT2D eigenvalue weighted by Gasteiger charge is 2.31. The maximum atomic E-state index is 12.6. The number of ketones is 1. The lowest BCUT2D eigenvalue weighted by Gasteiger charge is -2.19. The molecule has 4 rings (SSSR count). The average molecular weight is 307 g/mol. The van der Waals surface area contributed by atoms with Crippen LogP contribution in [0.2, 0.25) is 5.02 Å². The molecule has 0 heterocycles. The van der Waals surface area contributed by atoms with Crippen LogP contribution in [0.5, 0.6) is 0 Å². The topological polar surface area (TPSA) is 17.1 Å². The molecule has 2 heteroatoms. The molecule has 0 fully saturated rings. The second-order valence-corrected chi connectivity index (χ2v) is 6.35. The first-order valence-corrected chi connectivity index (χ1v) is 7.88. The van der Waals surface area contributed by atoms with Crippen LogP contribution in [0.1, 0.15) is 27.4 Å². The summed E-state index contributed by atoms with van der Waals surface area (Å²) in [5, 5.41) is 0.649. The maximum Gasteiger partial charge on any atom is 0.192 e. The molecule has 2 aromatic rings. The van der Waals surface area contributed by atoms with Crippen molar-refractivity contribution in [1.29, 1.82) is 0 Å². The molecule has 2 unspecified atom stereocenters. The zero-order valence-corrected chi connectivity index (χ0v) is 12.8. The summed E-state index contributed by atoms with van der Waals surface area (Å²) in [7, 11) is 0. The first-order chi connectivity index (χ1) is 10.7. The fourth-order valence-corrected chi connectivity index (χ4v) is 3.60. The monoisotopic (exact) mass is 306 g/mol. The fourth-order valence-electron chi connectivity index (χ4n) is 3.48. The van der Waals surface area contributed by atoms with Crippen LogP contribution >= 0.6 is 11.6 Å². The molecular formula is C20H15ClO. The molecule has 22 heavy (non-hydrogen) atoms. The van der Waals surface area contributed by atoms with Gasteiger partial charge in [0.05, 0.1) is 0 Å². The van der Waals surface area contributed by atoms with E-state index in [-0.39, 0.29) is 5.78 Å². The van der Waals surface area contributed by atoms with Crippen LogP contribution in [-0.4, -0.2) is 5.78 Å². The van der Waals surface area contributed by atoms with Gasteiger partial charge in [0, 0.05) is 22.1 Å². The molecule has 2 atom stereocenters. The highest BCUT2D eigenvalue weighted by atomic mass is 35.5. The first kappa shape index (κ1) is 13.5. The summed E-state index contributed by atoms with van der Waals surface area (Å²) in [4.78, 5) is 12.6. The minimum atomic E-state index is 0.0716. The molecule has 0 aliphatic heterocycles. The van der Waals surface area contributed by atoms with Gasteiger partial charge in [0.15, 0.2) is 5.78 Å². The van der Waals surface area contributed by atoms with Gasteiger partial charge in [0.25, 0.3) is 0 Å². The van der Waals surface area contributed by atoms with E-state index >= 15 is 0 Å². The molecule has 0 saturated carbocycles. The van der Waals surface area contributed by atoms with Crippen LogP contribution in [0.25, 0.3) is 0 Å². The molecular weight excluding hydrogens is 292 g/mol. The number of carbonyl (C=O) groups excluding carboxylic acids is 1. The van der Waals surface area contributed by atoms with Gasteiger partial charge in [-0.15, -0.1) is 0 Å². The molecule has 0 radical (unpaired) electrons. The Bertz CT molecular complexity index is 799. The van der Waals surface area contributed by atoms with Crippen molar-refractivity contribution in [2.24, 2.45) is 5.92 Å². The zero-order chi connectivity index (χ0) is 15.1. The smallest absolute Gasteiger partial charge is 0.192 e. The Morgan fingerprint density at radius 3 is 2.64 bits per heavy atom. The molecule has 0 saturated heterocycles. The number of fused-ring (bicyclic) bond motifs is 3. The normalized spacial score (nSPS) is 22.0. The molecule has 108 valence electrons. The van der Waals surface area contributed by atoms with Gasteiger partial charge in [-0.05, 0) is 47.7 Å². The van der Waals surface area contributed by atoms with Crippen LogP contribution in [0.15, 0.2) is 72.3 Å². The lowest BCUT2D eigenvalue weighted by molar-refractivity contribution is 0.103. The molecule has 0 aromatic heterocycles. The Morgan fingerprint density at radius 1 is 1.05 bits per heavy atom. The summed E-state index contributed by atoms with van der Waals surface area (Å²) < 4.78 is 0. The molecule has 2 aliphatic carbocycles. The minimum Gasteiger partial charge on any atom is -0.289 e. The minimum absolute atomic E-state index is 0.0716. The SMILES string of the molecule is O=C(C1=CC2Cc3ccccc3C2C=C1)c1ccc(Cl)cc1. The molecule has 2 aliphatic rings. The summed E-state index contributed by atoms with van der Waals surface area (Å²) in [5.41, 5.74) is 4.28. The van der Waals surface area contributed by atoms with E-state index < -0.39 is 0 Å². The summed E-state index contributed by atoms with van der Waals surface area (Å²) >= 11 is 5.89. The van der Waals surface area contributed by atoms with E-state index in [2.05, 4.69) is 36.4 Å². The highest BCUT2D eigenvalue weighted by molar-refractivity contribution is 6.30. The van der Waals surface area contributed by atoms with Gasteiger partial charge in [-0.1, -0.05) is 54.1 Å². The second kappa shape index (κ2) is 5.26. The van der Waals surface area contributed by atoms with Gasteiger partial charge in [0.1, 0.15) is 0 Å². The third kappa shape index (κ3) is 2.22. The quantitative estimate of drug-likeness (QED) is 0.716. The fraction of sp³-hybridized carbons (Fsp3) is 0.150. The van der Waals surface area contributed by atoms with Crippen molar-refractivity contribution < 1.29 is 4.79 Å². The number of hydrogen-bond donors (Lipinski definition) is 0. The molecule has 0 spiro atoms. The molecule has 0 N–H and O–H groups in total. The Kier molecular flexibility index (Phi) is 3.24. The summed E-state index contributed by atoms with van der Waals surface area (Å²) in [6.07, 6.45) is 7.31. The number of carbonyl (C=O) groups is 1. The van der Waals surface area contributed by atoms with Crippen LogP contribution < -0.4 is 0 Å². The first-order valence-electron chi connectivity index (χ1n) is 7.50. The van der Waals surface area contributed by atoms with Gasteiger partial charge < -0.3 is 0 Å². The van der Waals surface area contributed by atoms with Crippen LogP contribution in [0, 0.1) is 5.92 Å². The summed E-state index contributed by atoms with van der Waals surface area (Å²) in [6, 6.07) is 15.7. The van der Waals surface area contributed by atoms with Crippen molar-refractivity contribution >= 4 is 17.4 Å². The summed E-state index contributed by atoms with van der Waals surface area (Å²) in [5.74, 6) is 0.883. The van der Waals surface area contributed by atoms with Gasteiger partial charge in [0.2, 0.25) is 0 Å². The Morgan fingerprint density at radius 2 is 1.82 bits per heavy atom. The third-order valence-electron chi connectivity index (χ3n) is 4.58. The molecule has 0 bridgehead atoms. The van der Waals surface area contributed by atoms with Gasteiger partial charge in [-0.25, -0.2) is 0 Å². The van der Waals surface area contributed by atoms with Crippen molar-refractivity contribution in [2.75, 3.05) is 0 Å². The Hall–Kier alpha value is -2.12. The molecule has 2 aromatic carbocycles.